The van der Waals surface area contributed by atoms with Crippen LogP contribution in [0, 0.1) is 0 Å². The molecule has 0 fully saturated rings. The van der Waals surface area contributed by atoms with E-state index in [1.54, 1.807) is 6.07 Å². The summed E-state index contributed by atoms with van der Waals surface area (Å²) in [4.78, 5) is 14.0. The van der Waals surface area contributed by atoms with E-state index in [2.05, 4.69) is 9.72 Å². The molecule has 1 aromatic carbocycles. The van der Waals surface area contributed by atoms with Crippen molar-refractivity contribution in [2.24, 2.45) is 0 Å². The number of aliphatic hydroxyl groups is 1. The van der Waals surface area contributed by atoms with E-state index in [-0.39, 0.29) is 5.39 Å². The van der Waals surface area contributed by atoms with E-state index < -0.39 is 23.3 Å². The minimum absolute atomic E-state index is 0.104. The predicted octanol–water partition coefficient (Wildman–Crippen LogP) is 2.09. The van der Waals surface area contributed by atoms with Crippen molar-refractivity contribution in [3.63, 3.8) is 0 Å². The number of esters is 1. The first kappa shape index (κ1) is 13.4. The second-order valence-electron chi connectivity index (χ2n) is 3.95. The zero-order chi connectivity index (χ0) is 14.3. The van der Waals surface area contributed by atoms with Crippen molar-refractivity contribution < 1.29 is 27.8 Å². The highest BCUT2D eigenvalue weighted by atomic mass is 19.4. The van der Waals surface area contributed by atoms with Crippen molar-refractivity contribution >= 4 is 16.9 Å². The Hall–Kier alpha value is -2.02. The van der Waals surface area contributed by atoms with Crippen molar-refractivity contribution in [1.29, 1.82) is 0 Å². The Labute approximate surface area is 105 Å². The first-order valence-corrected chi connectivity index (χ1v) is 5.26. The molecule has 0 bridgehead atoms. The second kappa shape index (κ2) is 4.27. The molecular formula is C12H10F3NO3. The molecule has 1 heterocycles. The largest absolute Gasteiger partial charge is 0.466 e. The Morgan fingerprint density at radius 3 is 2.53 bits per heavy atom. The third-order valence-electron chi connectivity index (χ3n) is 2.87. The molecule has 1 aromatic heterocycles. The number of alkyl halides is 3. The molecule has 2 N–H and O–H groups in total. The minimum atomic E-state index is -5.19. The fourth-order valence-electron chi connectivity index (χ4n) is 1.90. The number of H-pyrrole nitrogens is 1. The van der Waals surface area contributed by atoms with E-state index >= 15 is 0 Å². The number of fused-ring (bicyclic) bond motifs is 1. The third kappa shape index (κ3) is 1.86. The normalized spacial score (nSPS) is 15.2. The molecule has 7 heteroatoms. The highest BCUT2D eigenvalue weighted by molar-refractivity contribution is 5.92. The summed E-state index contributed by atoms with van der Waals surface area (Å²) < 4.78 is 43.3. The third-order valence-corrected chi connectivity index (χ3v) is 2.87. The van der Waals surface area contributed by atoms with Gasteiger partial charge >= 0.3 is 12.1 Å². The van der Waals surface area contributed by atoms with Gasteiger partial charge in [-0.3, -0.25) is 0 Å². The average molecular weight is 273 g/mol. The number of hydrogen-bond acceptors (Lipinski definition) is 3. The number of halogens is 3. The van der Waals surface area contributed by atoms with Gasteiger partial charge in [-0.05, 0) is 6.07 Å². The summed E-state index contributed by atoms with van der Waals surface area (Å²) in [6.45, 7) is 0. The predicted molar refractivity (Wildman–Crippen MR) is 60.3 cm³/mol. The van der Waals surface area contributed by atoms with E-state index in [0.29, 0.717) is 5.52 Å². The van der Waals surface area contributed by atoms with Crippen LogP contribution in [0.15, 0.2) is 30.5 Å². The molecule has 0 radical (unpaired) electrons. The molecule has 0 unspecified atom stereocenters. The van der Waals surface area contributed by atoms with E-state index in [4.69, 9.17) is 0 Å². The van der Waals surface area contributed by atoms with E-state index in [1.807, 2.05) is 0 Å². The second-order valence-corrected chi connectivity index (χ2v) is 3.95. The Morgan fingerprint density at radius 2 is 1.95 bits per heavy atom. The number of benzene rings is 1. The van der Waals surface area contributed by atoms with Gasteiger partial charge in [0.05, 0.1) is 7.11 Å². The molecule has 2 aromatic rings. The molecular weight excluding hydrogens is 263 g/mol. The van der Waals surface area contributed by atoms with Crippen LogP contribution in [0.5, 0.6) is 0 Å². The van der Waals surface area contributed by atoms with Crippen LogP contribution in [-0.4, -0.2) is 29.3 Å². The molecule has 2 rings (SSSR count). The van der Waals surface area contributed by atoms with Crippen LogP contribution >= 0.6 is 0 Å². The van der Waals surface area contributed by atoms with E-state index in [9.17, 15) is 23.1 Å². The van der Waals surface area contributed by atoms with Crippen LogP contribution in [-0.2, 0) is 15.1 Å². The number of aromatic amines is 1. The number of ether oxygens (including phenoxy) is 1. The van der Waals surface area contributed by atoms with Crippen molar-refractivity contribution in [2.45, 2.75) is 11.8 Å². The van der Waals surface area contributed by atoms with Gasteiger partial charge < -0.3 is 14.8 Å². The van der Waals surface area contributed by atoms with Gasteiger partial charge in [-0.2, -0.15) is 13.2 Å². The number of nitrogens with one attached hydrogen (secondary N) is 1. The lowest BCUT2D eigenvalue weighted by Crippen LogP contribution is -2.49. The van der Waals surface area contributed by atoms with Crippen molar-refractivity contribution in [2.75, 3.05) is 7.11 Å². The lowest BCUT2D eigenvalue weighted by atomic mass is 9.93. The SMILES string of the molecule is COC(=O)[C@@](O)(c1c[nH]c2ccccc12)C(F)(F)F. The maximum absolute atomic E-state index is 13.1. The maximum Gasteiger partial charge on any atom is 0.432 e. The van der Waals surface area contributed by atoms with Crippen LogP contribution < -0.4 is 0 Å². The fourth-order valence-corrected chi connectivity index (χ4v) is 1.90. The Balaban J connectivity index is 2.72. The molecule has 1 atom stereocenters. The molecule has 0 amide bonds. The zero-order valence-corrected chi connectivity index (χ0v) is 9.78. The molecule has 0 aliphatic carbocycles. The van der Waals surface area contributed by atoms with Gasteiger partial charge in [0, 0.05) is 22.7 Å². The highest BCUT2D eigenvalue weighted by Gasteiger charge is 2.62. The Kier molecular flexibility index (Phi) is 3.01. The molecule has 4 nitrogen and oxygen atoms in total. The van der Waals surface area contributed by atoms with Gasteiger partial charge in [0.2, 0.25) is 0 Å². The smallest absolute Gasteiger partial charge is 0.432 e. The molecule has 19 heavy (non-hydrogen) atoms. The van der Waals surface area contributed by atoms with Crippen LogP contribution in [0.2, 0.25) is 0 Å². The standard InChI is InChI=1S/C12H10F3NO3/c1-19-10(17)11(18,12(13,14)15)8-6-16-9-5-3-2-4-7(8)9/h2-6,16,18H,1H3/t11-/m0/s1. The van der Waals surface area contributed by atoms with Crippen LogP contribution in [0.4, 0.5) is 13.2 Å². The Bertz CT molecular complexity index is 620. The van der Waals surface area contributed by atoms with Gasteiger partial charge in [0.15, 0.2) is 0 Å². The summed E-state index contributed by atoms with van der Waals surface area (Å²) in [6, 6.07) is 6.04. The summed E-state index contributed by atoms with van der Waals surface area (Å²) in [5.41, 5.74) is -3.90. The van der Waals surface area contributed by atoms with Gasteiger partial charge in [-0.25, -0.2) is 4.79 Å². The number of rotatable bonds is 2. The monoisotopic (exact) mass is 273 g/mol. The van der Waals surface area contributed by atoms with Crippen LogP contribution in [0.1, 0.15) is 5.56 Å². The molecule has 0 spiro atoms. The summed E-state index contributed by atoms with van der Waals surface area (Å²) in [5.74, 6) is -1.77. The van der Waals surface area contributed by atoms with Gasteiger partial charge in [0.1, 0.15) is 0 Å². The number of carbonyl (C=O) groups is 1. The fraction of sp³-hybridized carbons (Fsp3) is 0.250. The van der Waals surface area contributed by atoms with E-state index in [1.165, 1.54) is 18.2 Å². The average Bonchev–Trinajstić information content (AvgIpc) is 2.79. The zero-order valence-electron chi connectivity index (χ0n) is 9.78. The topological polar surface area (TPSA) is 62.3 Å². The Morgan fingerprint density at radius 1 is 1.32 bits per heavy atom. The van der Waals surface area contributed by atoms with Crippen LogP contribution in [0.25, 0.3) is 10.9 Å². The first-order valence-electron chi connectivity index (χ1n) is 5.26. The summed E-state index contributed by atoms with van der Waals surface area (Å²) in [6.07, 6.45) is -4.24. The summed E-state index contributed by atoms with van der Waals surface area (Å²) in [5, 5.41) is 9.96. The number of methoxy groups -OCH3 is 1. The van der Waals surface area contributed by atoms with Crippen molar-refractivity contribution in [3.05, 3.63) is 36.0 Å². The van der Waals surface area contributed by atoms with Gasteiger partial charge in [0.25, 0.3) is 5.60 Å². The first-order chi connectivity index (χ1) is 8.82. The molecule has 102 valence electrons. The van der Waals surface area contributed by atoms with Crippen molar-refractivity contribution in [3.8, 4) is 0 Å². The number of hydrogen-bond donors (Lipinski definition) is 2. The highest BCUT2D eigenvalue weighted by Crippen LogP contribution is 2.42. The lowest BCUT2D eigenvalue weighted by Gasteiger charge is -2.27. The summed E-state index contributed by atoms with van der Waals surface area (Å²) >= 11 is 0. The number of carbonyl (C=O) groups excluding carboxylic acids is 1. The molecule has 0 aliphatic rings. The van der Waals surface area contributed by atoms with Gasteiger partial charge in [-0.1, -0.05) is 18.2 Å². The number of para-hydroxylation sites is 1. The van der Waals surface area contributed by atoms with Crippen molar-refractivity contribution in [1.82, 2.24) is 4.98 Å². The lowest BCUT2D eigenvalue weighted by molar-refractivity contribution is -0.266. The van der Waals surface area contributed by atoms with E-state index in [0.717, 1.165) is 13.3 Å². The molecule has 0 saturated heterocycles. The quantitative estimate of drug-likeness (QED) is 0.823. The number of aromatic nitrogens is 1. The van der Waals surface area contributed by atoms with Crippen LogP contribution in [0.3, 0.4) is 0 Å². The summed E-state index contributed by atoms with van der Waals surface area (Å²) in [7, 11) is 0.786. The molecule has 0 aliphatic heterocycles. The molecule has 0 saturated carbocycles. The maximum atomic E-state index is 13.1. The van der Waals surface area contributed by atoms with Gasteiger partial charge in [-0.15, -0.1) is 0 Å². The minimum Gasteiger partial charge on any atom is -0.466 e.